The van der Waals surface area contributed by atoms with Gasteiger partial charge < -0.3 is 9.47 Å². The number of H-pyrrole nitrogens is 1. The minimum atomic E-state index is -0.613. The van der Waals surface area contributed by atoms with Gasteiger partial charge in [0.15, 0.2) is 5.82 Å². The van der Waals surface area contributed by atoms with E-state index in [2.05, 4.69) is 15.2 Å². The maximum atomic E-state index is 13.0. The molecule has 1 N–H and O–H groups in total. The van der Waals surface area contributed by atoms with E-state index in [0.717, 1.165) is 22.2 Å². The zero-order chi connectivity index (χ0) is 20.4. The lowest BCUT2D eigenvalue weighted by molar-refractivity contribution is -0.121. The summed E-state index contributed by atoms with van der Waals surface area (Å²) in [6.45, 7) is 0. The molecule has 9 heteroatoms. The van der Waals surface area contributed by atoms with E-state index in [-0.39, 0.29) is 18.2 Å². The maximum absolute atomic E-state index is 13.0. The van der Waals surface area contributed by atoms with Gasteiger partial charge in [0.05, 0.1) is 19.9 Å². The summed E-state index contributed by atoms with van der Waals surface area (Å²) in [5, 5.41) is 6.84. The molecule has 1 saturated heterocycles. The molecule has 1 aliphatic rings. The summed E-state index contributed by atoms with van der Waals surface area (Å²) >= 11 is 1.16. The lowest BCUT2D eigenvalue weighted by Gasteiger charge is -2.18. The monoisotopic (exact) mass is 410 g/mol. The summed E-state index contributed by atoms with van der Waals surface area (Å²) in [6.07, 6.45) is 0.0546. The van der Waals surface area contributed by atoms with Gasteiger partial charge >= 0.3 is 0 Å². The van der Waals surface area contributed by atoms with Crippen molar-refractivity contribution in [1.29, 1.82) is 0 Å². The lowest BCUT2D eigenvalue weighted by Crippen LogP contribution is -2.31. The van der Waals surface area contributed by atoms with Crippen molar-refractivity contribution in [3.63, 3.8) is 0 Å². The third-order valence-corrected chi connectivity index (χ3v) is 5.54. The first-order chi connectivity index (χ1) is 14.1. The van der Waals surface area contributed by atoms with Crippen LogP contribution in [0.3, 0.4) is 0 Å². The second-order valence-electron chi connectivity index (χ2n) is 6.25. The molecule has 2 amide bonds. The molecule has 2 aromatic carbocycles. The van der Waals surface area contributed by atoms with Crippen LogP contribution in [0.2, 0.25) is 0 Å². The molecule has 0 saturated carbocycles. The van der Waals surface area contributed by atoms with Crippen molar-refractivity contribution in [2.75, 3.05) is 19.1 Å². The molecule has 3 aromatic rings. The zero-order valence-electron chi connectivity index (χ0n) is 15.8. The van der Waals surface area contributed by atoms with Gasteiger partial charge in [-0.2, -0.15) is 0 Å². The van der Waals surface area contributed by atoms with E-state index in [9.17, 15) is 9.59 Å². The second kappa shape index (κ2) is 7.96. The molecule has 29 heavy (non-hydrogen) atoms. The molecule has 1 aromatic heterocycles. The molecular formula is C20H18N4O4S. The summed E-state index contributed by atoms with van der Waals surface area (Å²) < 4.78 is 10.5. The number of thioether (sulfide) groups is 1. The standard InChI is InChI=1S/C20H18N4O4S/c1-27-13-8-9-15(28-2)14(10-13)24-17(25)11-16(19(24)26)29-20-21-18(22-23-20)12-6-4-3-5-7-12/h3-10,16H,11H2,1-2H3,(H,21,22,23)/t16-/m1/s1. The maximum Gasteiger partial charge on any atom is 0.248 e. The molecule has 2 heterocycles. The van der Waals surface area contributed by atoms with E-state index in [4.69, 9.17) is 9.47 Å². The van der Waals surface area contributed by atoms with Crippen molar-refractivity contribution in [2.24, 2.45) is 0 Å². The van der Waals surface area contributed by atoms with Crippen molar-refractivity contribution in [3.05, 3.63) is 48.5 Å². The number of anilines is 1. The van der Waals surface area contributed by atoms with Crippen LogP contribution in [0.1, 0.15) is 6.42 Å². The first kappa shape index (κ1) is 19.0. The highest BCUT2D eigenvalue weighted by atomic mass is 32.2. The molecule has 148 valence electrons. The summed E-state index contributed by atoms with van der Waals surface area (Å²) in [5.41, 5.74) is 1.26. The predicted molar refractivity (Wildman–Crippen MR) is 108 cm³/mol. The van der Waals surface area contributed by atoms with E-state index in [0.29, 0.717) is 28.2 Å². The van der Waals surface area contributed by atoms with Crippen molar-refractivity contribution in [3.8, 4) is 22.9 Å². The number of ether oxygens (including phenoxy) is 2. The molecule has 0 spiro atoms. The van der Waals surface area contributed by atoms with Gasteiger partial charge in [-0.05, 0) is 12.1 Å². The Bertz CT molecular complexity index is 1050. The fourth-order valence-electron chi connectivity index (χ4n) is 3.07. The SMILES string of the molecule is COc1ccc(OC)c(N2C(=O)C[C@@H](Sc3n[nH]c(-c4ccccc4)n3)C2=O)c1. The normalized spacial score (nSPS) is 16.3. The highest BCUT2D eigenvalue weighted by Gasteiger charge is 2.42. The van der Waals surface area contributed by atoms with Crippen LogP contribution in [-0.4, -0.2) is 46.5 Å². The Morgan fingerprint density at radius 3 is 2.62 bits per heavy atom. The van der Waals surface area contributed by atoms with Crippen LogP contribution in [0.15, 0.2) is 53.7 Å². The smallest absolute Gasteiger partial charge is 0.248 e. The summed E-state index contributed by atoms with van der Waals surface area (Å²) in [6, 6.07) is 14.5. The molecule has 0 bridgehead atoms. The molecule has 4 rings (SSSR count). The number of carbonyl (C=O) groups is 2. The Kier molecular flexibility index (Phi) is 5.22. The number of carbonyl (C=O) groups excluding carboxylic acids is 2. The van der Waals surface area contributed by atoms with E-state index < -0.39 is 5.25 Å². The van der Waals surface area contributed by atoms with Crippen molar-refractivity contribution < 1.29 is 19.1 Å². The molecule has 0 unspecified atom stereocenters. The van der Waals surface area contributed by atoms with Crippen molar-refractivity contribution in [2.45, 2.75) is 16.8 Å². The van der Waals surface area contributed by atoms with Gasteiger partial charge in [0.1, 0.15) is 16.7 Å². The molecule has 0 radical (unpaired) electrons. The average molecular weight is 410 g/mol. The van der Waals surface area contributed by atoms with E-state index >= 15 is 0 Å². The quantitative estimate of drug-likeness (QED) is 0.624. The number of rotatable bonds is 6. The minimum Gasteiger partial charge on any atom is -0.497 e. The molecule has 0 aliphatic carbocycles. The Balaban J connectivity index is 1.56. The Morgan fingerprint density at radius 1 is 1.10 bits per heavy atom. The third-order valence-electron chi connectivity index (χ3n) is 4.49. The van der Waals surface area contributed by atoms with E-state index in [1.807, 2.05) is 30.3 Å². The number of nitrogens with zero attached hydrogens (tertiary/aromatic N) is 3. The van der Waals surface area contributed by atoms with Crippen LogP contribution < -0.4 is 14.4 Å². The summed E-state index contributed by atoms with van der Waals surface area (Å²) in [7, 11) is 3.01. The van der Waals surface area contributed by atoms with Gasteiger partial charge in [-0.3, -0.25) is 14.7 Å². The third kappa shape index (κ3) is 3.68. The predicted octanol–water partition coefficient (Wildman–Crippen LogP) is 2.91. The number of nitrogens with one attached hydrogen (secondary N) is 1. The van der Waals surface area contributed by atoms with Crippen LogP contribution >= 0.6 is 11.8 Å². The largest absolute Gasteiger partial charge is 0.497 e. The number of imide groups is 1. The number of hydrogen-bond donors (Lipinski definition) is 1. The molecule has 1 fully saturated rings. The first-order valence-electron chi connectivity index (χ1n) is 8.84. The Hall–Kier alpha value is -3.33. The fraction of sp³-hybridized carbons (Fsp3) is 0.200. The molecule has 8 nitrogen and oxygen atoms in total. The van der Waals surface area contributed by atoms with Crippen molar-refractivity contribution in [1.82, 2.24) is 15.2 Å². The topological polar surface area (TPSA) is 97.4 Å². The summed E-state index contributed by atoms with van der Waals surface area (Å²) in [4.78, 5) is 31.2. The molecular weight excluding hydrogens is 392 g/mol. The number of aromatic nitrogens is 3. The number of hydrogen-bond acceptors (Lipinski definition) is 7. The lowest BCUT2D eigenvalue weighted by atomic mass is 10.2. The minimum absolute atomic E-state index is 0.0546. The Labute approximate surface area is 171 Å². The zero-order valence-corrected chi connectivity index (χ0v) is 16.6. The number of benzene rings is 2. The number of amides is 2. The first-order valence-corrected chi connectivity index (χ1v) is 9.72. The second-order valence-corrected chi connectivity index (χ2v) is 7.42. The molecule has 1 atom stereocenters. The van der Waals surface area contributed by atoms with Gasteiger partial charge in [0.2, 0.25) is 17.0 Å². The van der Waals surface area contributed by atoms with Gasteiger partial charge in [-0.15, -0.1) is 5.10 Å². The van der Waals surface area contributed by atoms with Crippen molar-refractivity contribution >= 4 is 29.3 Å². The van der Waals surface area contributed by atoms with Crippen LogP contribution in [0.25, 0.3) is 11.4 Å². The average Bonchev–Trinajstić information content (AvgIpc) is 3.32. The van der Waals surface area contributed by atoms with Crippen LogP contribution in [-0.2, 0) is 9.59 Å². The van der Waals surface area contributed by atoms with E-state index in [1.54, 1.807) is 18.2 Å². The van der Waals surface area contributed by atoms with Crippen LogP contribution in [0, 0.1) is 0 Å². The fourth-order valence-corrected chi connectivity index (χ4v) is 4.00. The molecule has 1 aliphatic heterocycles. The Morgan fingerprint density at radius 2 is 1.90 bits per heavy atom. The van der Waals surface area contributed by atoms with Gasteiger partial charge in [-0.1, -0.05) is 42.1 Å². The highest BCUT2D eigenvalue weighted by Crippen LogP contribution is 2.38. The van der Waals surface area contributed by atoms with Gasteiger partial charge in [0.25, 0.3) is 0 Å². The van der Waals surface area contributed by atoms with Crippen LogP contribution in [0.4, 0.5) is 5.69 Å². The number of methoxy groups -OCH3 is 2. The van der Waals surface area contributed by atoms with Gasteiger partial charge in [0, 0.05) is 18.1 Å². The van der Waals surface area contributed by atoms with E-state index in [1.165, 1.54) is 14.2 Å². The van der Waals surface area contributed by atoms with Gasteiger partial charge in [-0.25, -0.2) is 9.88 Å². The van der Waals surface area contributed by atoms with Crippen LogP contribution in [0.5, 0.6) is 11.5 Å². The highest BCUT2D eigenvalue weighted by molar-refractivity contribution is 8.00. The number of aromatic amines is 1. The summed E-state index contributed by atoms with van der Waals surface area (Å²) in [5.74, 6) is 0.910.